The van der Waals surface area contributed by atoms with E-state index in [1.54, 1.807) is 9.13 Å². The first-order chi connectivity index (χ1) is 27.8. The number of fused-ring (bicyclic) bond motifs is 11. The normalized spacial score (nSPS) is 13.1. The second-order valence-corrected chi connectivity index (χ2v) is 15.7. The van der Waals surface area contributed by atoms with Crippen molar-refractivity contribution in [3.8, 4) is 56.4 Å². The van der Waals surface area contributed by atoms with Gasteiger partial charge in [-0.05, 0) is 90.0 Å². The molecule has 272 valence electrons. The molecular formula is C51H37N5O. The van der Waals surface area contributed by atoms with Gasteiger partial charge in [-0.1, -0.05) is 141 Å². The molecule has 10 aromatic rings. The van der Waals surface area contributed by atoms with Crippen LogP contribution in [-0.2, 0) is 19.5 Å². The molecule has 0 spiro atoms. The molecule has 11 rings (SSSR count). The maximum atomic E-state index is 12.7. The third kappa shape index (κ3) is 4.83. The highest BCUT2D eigenvalue weighted by molar-refractivity contribution is 6.22. The van der Waals surface area contributed by atoms with Crippen LogP contribution in [-0.4, -0.2) is 24.1 Å². The van der Waals surface area contributed by atoms with Crippen LogP contribution >= 0.6 is 0 Å². The van der Waals surface area contributed by atoms with E-state index in [-0.39, 0.29) is 11.1 Å². The first kappa shape index (κ1) is 33.2. The van der Waals surface area contributed by atoms with Crippen molar-refractivity contribution in [1.82, 2.24) is 24.1 Å². The molecule has 6 nitrogen and oxygen atoms in total. The summed E-state index contributed by atoms with van der Waals surface area (Å²) in [5.74, 6) is 1.84. The molecule has 0 saturated heterocycles. The predicted octanol–water partition coefficient (Wildman–Crippen LogP) is 11.5. The lowest BCUT2D eigenvalue weighted by Gasteiger charge is -2.24. The van der Waals surface area contributed by atoms with Crippen LogP contribution in [0.15, 0.2) is 156 Å². The molecule has 0 aliphatic heterocycles. The van der Waals surface area contributed by atoms with Crippen LogP contribution in [0, 0.1) is 0 Å². The minimum atomic E-state index is -0.303. The van der Waals surface area contributed by atoms with Crippen molar-refractivity contribution >= 4 is 43.4 Å². The molecule has 6 heteroatoms. The van der Waals surface area contributed by atoms with Crippen molar-refractivity contribution in [2.24, 2.45) is 14.1 Å². The van der Waals surface area contributed by atoms with Gasteiger partial charge in [0.2, 0.25) is 0 Å². The van der Waals surface area contributed by atoms with Crippen LogP contribution in [0.3, 0.4) is 0 Å². The number of rotatable bonds is 4. The number of aromatic nitrogens is 5. The van der Waals surface area contributed by atoms with Crippen LogP contribution < -0.4 is 5.69 Å². The van der Waals surface area contributed by atoms with Crippen molar-refractivity contribution in [3.05, 3.63) is 173 Å². The molecule has 0 radical (unpaired) electrons. The third-order valence-electron chi connectivity index (χ3n) is 12.2. The monoisotopic (exact) mass is 735 g/mol. The molecular weight excluding hydrogens is 699 g/mol. The minimum absolute atomic E-state index is 0.0462. The first-order valence-electron chi connectivity index (χ1n) is 19.4. The van der Waals surface area contributed by atoms with Gasteiger partial charge in [-0.2, -0.15) is 0 Å². The number of hydrogen-bond acceptors (Lipinski definition) is 4. The average Bonchev–Trinajstić information content (AvgIpc) is 3.64. The summed E-state index contributed by atoms with van der Waals surface area (Å²) in [4.78, 5) is 28.4. The van der Waals surface area contributed by atoms with E-state index in [9.17, 15) is 4.79 Å². The van der Waals surface area contributed by atoms with E-state index in [0.29, 0.717) is 17.5 Å². The Morgan fingerprint density at radius 2 is 0.965 bits per heavy atom. The van der Waals surface area contributed by atoms with Gasteiger partial charge in [0.25, 0.3) is 0 Å². The number of benzene rings is 8. The van der Waals surface area contributed by atoms with Gasteiger partial charge in [0, 0.05) is 36.2 Å². The van der Waals surface area contributed by atoms with Crippen LogP contribution in [0.5, 0.6) is 0 Å². The average molecular weight is 736 g/mol. The Morgan fingerprint density at radius 3 is 1.70 bits per heavy atom. The fourth-order valence-electron chi connectivity index (χ4n) is 9.37. The largest absolute Gasteiger partial charge is 0.328 e. The van der Waals surface area contributed by atoms with Crippen molar-refractivity contribution in [1.29, 1.82) is 0 Å². The highest BCUT2D eigenvalue weighted by Gasteiger charge is 2.40. The zero-order chi connectivity index (χ0) is 38.6. The van der Waals surface area contributed by atoms with Crippen LogP contribution in [0.25, 0.3) is 99.8 Å². The summed E-state index contributed by atoms with van der Waals surface area (Å²) in [7, 11) is 3.62. The number of imidazole rings is 1. The summed E-state index contributed by atoms with van der Waals surface area (Å²) >= 11 is 0. The third-order valence-corrected chi connectivity index (χ3v) is 12.2. The number of aryl methyl sites for hydroxylation is 2. The van der Waals surface area contributed by atoms with E-state index >= 15 is 0 Å². The molecule has 0 amide bonds. The van der Waals surface area contributed by atoms with E-state index in [1.165, 1.54) is 49.2 Å². The van der Waals surface area contributed by atoms with Crippen molar-refractivity contribution in [3.63, 3.8) is 0 Å². The molecule has 1 aliphatic rings. The lowest BCUT2D eigenvalue weighted by Crippen LogP contribution is -2.19. The van der Waals surface area contributed by atoms with Gasteiger partial charge in [0.15, 0.2) is 17.5 Å². The molecule has 2 aromatic heterocycles. The Hall–Kier alpha value is -7.18. The maximum absolute atomic E-state index is 12.7. The van der Waals surface area contributed by atoms with Gasteiger partial charge < -0.3 is 0 Å². The molecule has 57 heavy (non-hydrogen) atoms. The van der Waals surface area contributed by atoms with Gasteiger partial charge in [-0.25, -0.2) is 19.7 Å². The fourth-order valence-corrected chi connectivity index (χ4v) is 9.37. The minimum Gasteiger partial charge on any atom is -0.295 e. The van der Waals surface area contributed by atoms with Gasteiger partial charge >= 0.3 is 5.69 Å². The molecule has 1 aliphatic carbocycles. The van der Waals surface area contributed by atoms with Gasteiger partial charge in [-0.15, -0.1) is 0 Å². The SMILES string of the molecule is Cn1c(=O)n(C)c2cc(-c3cccc(-c4nc(-c5ccccc5)nc(-c5cc6c(c7ccccc57)-c5c(c7ccccc7c7ccccc57)C6(C)C)n4)c3)ccc21. The summed E-state index contributed by atoms with van der Waals surface area (Å²) in [5, 5.41) is 7.41. The van der Waals surface area contributed by atoms with Gasteiger partial charge in [-0.3, -0.25) is 9.13 Å². The van der Waals surface area contributed by atoms with Crippen LogP contribution in [0.1, 0.15) is 25.0 Å². The predicted molar refractivity (Wildman–Crippen MR) is 233 cm³/mol. The van der Waals surface area contributed by atoms with E-state index in [4.69, 9.17) is 15.0 Å². The first-order valence-corrected chi connectivity index (χ1v) is 19.4. The smallest absolute Gasteiger partial charge is 0.295 e. The summed E-state index contributed by atoms with van der Waals surface area (Å²) in [5.41, 5.74) is 11.5. The summed E-state index contributed by atoms with van der Waals surface area (Å²) < 4.78 is 3.37. The molecule has 0 fully saturated rings. The quantitative estimate of drug-likeness (QED) is 0.169. The summed E-state index contributed by atoms with van der Waals surface area (Å²) in [6.07, 6.45) is 0. The van der Waals surface area contributed by atoms with Gasteiger partial charge in [0.1, 0.15) is 0 Å². The van der Waals surface area contributed by atoms with E-state index < -0.39 is 0 Å². The standard InChI is InChI=1S/C51H37N5O/c1-51(2)41-29-40(36-21-9-11-22-37(36)44(41)45-38-23-12-8-19-34(38)35-20-10-13-24-39(35)46(45)51)49-53-47(30-15-6-5-7-16-30)52-48(54-49)33-18-14-17-31(27-33)32-25-26-42-43(28-32)56(4)50(57)55(42)3/h5-29H,1-4H3. The maximum Gasteiger partial charge on any atom is 0.328 e. The molecule has 0 unspecified atom stereocenters. The van der Waals surface area contributed by atoms with Crippen molar-refractivity contribution < 1.29 is 0 Å². The number of hydrogen-bond donors (Lipinski definition) is 0. The lowest BCUT2D eigenvalue weighted by atomic mass is 9.78. The van der Waals surface area contributed by atoms with E-state index in [1.807, 2.05) is 44.4 Å². The Labute approximate surface area is 329 Å². The zero-order valence-electron chi connectivity index (χ0n) is 32.1. The second kappa shape index (κ2) is 12.2. The molecule has 0 N–H and O–H groups in total. The van der Waals surface area contributed by atoms with Crippen LogP contribution in [0.2, 0.25) is 0 Å². The van der Waals surface area contributed by atoms with Crippen LogP contribution in [0.4, 0.5) is 0 Å². The van der Waals surface area contributed by atoms with Crippen molar-refractivity contribution in [2.45, 2.75) is 19.3 Å². The fraction of sp³-hybridized carbons (Fsp3) is 0.0980. The Balaban J connectivity index is 1.15. The molecule has 2 heterocycles. The van der Waals surface area contributed by atoms with E-state index in [2.05, 4.69) is 135 Å². The molecule has 0 saturated carbocycles. The Kier molecular flexibility index (Phi) is 7.08. The zero-order valence-corrected chi connectivity index (χ0v) is 32.1. The Bertz CT molecular complexity index is 3370. The topological polar surface area (TPSA) is 65.6 Å². The lowest BCUT2D eigenvalue weighted by molar-refractivity contribution is 0.667. The molecule has 8 aromatic carbocycles. The highest BCUT2D eigenvalue weighted by Crippen LogP contribution is 2.57. The molecule has 0 bridgehead atoms. The molecule has 0 atom stereocenters. The van der Waals surface area contributed by atoms with Crippen molar-refractivity contribution in [2.75, 3.05) is 0 Å². The van der Waals surface area contributed by atoms with Gasteiger partial charge in [0.05, 0.1) is 11.0 Å². The summed E-state index contributed by atoms with van der Waals surface area (Å²) in [6, 6.07) is 53.4. The Morgan fingerprint density at radius 1 is 0.439 bits per heavy atom. The second-order valence-electron chi connectivity index (χ2n) is 15.7. The summed E-state index contributed by atoms with van der Waals surface area (Å²) in [6.45, 7) is 4.73. The van der Waals surface area contributed by atoms with E-state index in [0.717, 1.165) is 44.2 Å². The highest BCUT2D eigenvalue weighted by atomic mass is 16.1. The number of nitrogens with zero attached hydrogens (tertiary/aromatic N) is 5.